The maximum Gasteiger partial charge on any atom is 0.0102 e. The lowest BCUT2D eigenvalue weighted by atomic mass is 9.68. The molecule has 0 heterocycles. The van der Waals surface area contributed by atoms with Crippen molar-refractivity contribution in [1.82, 2.24) is 0 Å². The highest BCUT2D eigenvalue weighted by Crippen LogP contribution is 2.43. The maximum absolute atomic E-state index is 4.13. The third-order valence-corrected chi connectivity index (χ3v) is 3.56. The Labute approximate surface area is 78.2 Å². The summed E-state index contributed by atoms with van der Waals surface area (Å²) >= 11 is 3.57. The molecule has 0 aromatic rings. The van der Waals surface area contributed by atoms with Gasteiger partial charge in [0.1, 0.15) is 0 Å². The Bertz CT molecular complexity index is 158. The van der Waals surface area contributed by atoms with Gasteiger partial charge in [-0.1, -0.05) is 41.9 Å². The van der Waals surface area contributed by atoms with Crippen LogP contribution in [0.2, 0.25) is 0 Å². The van der Waals surface area contributed by atoms with E-state index in [1.54, 1.807) is 0 Å². The van der Waals surface area contributed by atoms with Crippen LogP contribution in [0.3, 0.4) is 0 Å². The first kappa shape index (κ1) is 9.31. The van der Waals surface area contributed by atoms with Gasteiger partial charge in [-0.25, -0.2) is 0 Å². The molecule has 0 spiro atoms. The molecule has 0 nitrogen and oxygen atoms in total. The standard InChI is InChI=1S/C10H17Br/c1-8-5-4-6-10(2,3)9(8)7-11/h9H,1,4-7H2,2-3H3/t9-/m1/s1. The largest absolute Gasteiger partial charge is 0.0995 e. The van der Waals surface area contributed by atoms with Gasteiger partial charge in [0, 0.05) is 5.33 Å². The van der Waals surface area contributed by atoms with E-state index in [0.29, 0.717) is 11.3 Å². The van der Waals surface area contributed by atoms with Crippen LogP contribution >= 0.6 is 15.9 Å². The van der Waals surface area contributed by atoms with Crippen LogP contribution in [0.5, 0.6) is 0 Å². The molecule has 0 bridgehead atoms. The van der Waals surface area contributed by atoms with Gasteiger partial charge in [0.25, 0.3) is 0 Å². The molecule has 0 aromatic carbocycles. The van der Waals surface area contributed by atoms with Crippen molar-refractivity contribution in [2.45, 2.75) is 33.1 Å². The van der Waals surface area contributed by atoms with Crippen LogP contribution in [0, 0.1) is 11.3 Å². The zero-order valence-electron chi connectivity index (χ0n) is 7.49. The van der Waals surface area contributed by atoms with Crippen molar-refractivity contribution in [3.63, 3.8) is 0 Å². The van der Waals surface area contributed by atoms with Crippen molar-refractivity contribution in [1.29, 1.82) is 0 Å². The van der Waals surface area contributed by atoms with Crippen molar-refractivity contribution < 1.29 is 0 Å². The maximum atomic E-state index is 4.13. The van der Waals surface area contributed by atoms with Crippen LogP contribution in [0.15, 0.2) is 12.2 Å². The molecule has 1 aliphatic rings. The summed E-state index contributed by atoms with van der Waals surface area (Å²) in [5.41, 5.74) is 1.91. The Morgan fingerprint density at radius 2 is 2.27 bits per heavy atom. The summed E-state index contributed by atoms with van der Waals surface area (Å²) in [5.74, 6) is 0.691. The highest BCUT2D eigenvalue weighted by Gasteiger charge is 2.33. The lowest BCUT2D eigenvalue weighted by Gasteiger charge is -2.39. The van der Waals surface area contributed by atoms with E-state index >= 15 is 0 Å². The fourth-order valence-corrected chi connectivity index (χ4v) is 3.32. The van der Waals surface area contributed by atoms with E-state index in [-0.39, 0.29) is 0 Å². The Balaban J connectivity index is 2.72. The van der Waals surface area contributed by atoms with E-state index in [0.717, 1.165) is 5.33 Å². The van der Waals surface area contributed by atoms with Gasteiger partial charge < -0.3 is 0 Å². The van der Waals surface area contributed by atoms with Gasteiger partial charge in [0.2, 0.25) is 0 Å². The van der Waals surface area contributed by atoms with E-state index in [1.807, 2.05) is 0 Å². The molecule has 1 aliphatic carbocycles. The average molecular weight is 217 g/mol. The molecule has 0 aliphatic heterocycles. The molecule has 0 N–H and O–H groups in total. The molecule has 0 saturated heterocycles. The van der Waals surface area contributed by atoms with Crippen LogP contribution in [0.1, 0.15) is 33.1 Å². The van der Waals surface area contributed by atoms with Crippen LogP contribution in [0.4, 0.5) is 0 Å². The highest BCUT2D eigenvalue weighted by molar-refractivity contribution is 9.09. The Kier molecular flexibility index (Phi) is 2.79. The monoisotopic (exact) mass is 216 g/mol. The summed E-state index contributed by atoms with van der Waals surface area (Å²) in [5, 5.41) is 1.08. The molecule has 1 saturated carbocycles. The summed E-state index contributed by atoms with van der Waals surface area (Å²) in [6, 6.07) is 0. The molecule has 0 unspecified atom stereocenters. The first-order valence-electron chi connectivity index (χ1n) is 4.31. The van der Waals surface area contributed by atoms with Crippen molar-refractivity contribution in [2.75, 3.05) is 5.33 Å². The van der Waals surface area contributed by atoms with Gasteiger partial charge in [-0.2, -0.15) is 0 Å². The van der Waals surface area contributed by atoms with Crippen LogP contribution in [-0.2, 0) is 0 Å². The molecule has 0 aromatic heterocycles. The van der Waals surface area contributed by atoms with Crippen molar-refractivity contribution in [3.05, 3.63) is 12.2 Å². The molecular weight excluding hydrogens is 200 g/mol. The second-order valence-electron chi connectivity index (χ2n) is 4.21. The second kappa shape index (κ2) is 3.30. The number of alkyl halides is 1. The van der Waals surface area contributed by atoms with Gasteiger partial charge in [-0.15, -0.1) is 0 Å². The molecular formula is C10H17Br. The van der Waals surface area contributed by atoms with Crippen LogP contribution in [-0.4, -0.2) is 5.33 Å². The first-order chi connectivity index (χ1) is 5.08. The molecule has 1 rings (SSSR count). The molecule has 1 atom stereocenters. The van der Waals surface area contributed by atoms with Gasteiger partial charge in [-0.05, 0) is 30.6 Å². The van der Waals surface area contributed by atoms with Crippen LogP contribution < -0.4 is 0 Å². The molecule has 11 heavy (non-hydrogen) atoms. The van der Waals surface area contributed by atoms with Crippen molar-refractivity contribution >= 4 is 15.9 Å². The summed E-state index contributed by atoms with van der Waals surface area (Å²) in [6.07, 6.45) is 3.91. The Morgan fingerprint density at radius 1 is 1.64 bits per heavy atom. The number of hydrogen-bond acceptors (Lipinski definition) is 0. The average Bonchev–Trinajstić information content (AvgIpc) is 1.86. The summed E-state index contributed by atoms with van der Waals surface area (Å²) in [6.45, 7) is 8.83. The van der Waals surface area contributed by atoms with Gasteiger partial charge in [-0.3, -0.25) is 0 Å². The van der Waals surface area contributed by atoms with E-state index in [9.17, 15) is 0 Å². The normalized spacial score (nSPS) is 30.5. The van der Waals surface area contributed by atoms with Crippen molar-refractivity contribution in [2.24, 2.45) is 11.3 Å². The Hall–Kier alpha value is 0.220. The zero-order chi connectivity index (χ0) is 8.48. The predicted molar refractivity (Wildman–Crippen MR) is 54.1 cm³/mol. The number of halogens is 1. The quantitative estimate of drug-likeness (QED) is 0.463. The third-order valence-electron chi connectivity index (χ3n) is 2.91. The SMILES string of the molecule is C=C1CCCC(C)(C)[C@@H]1CBr. The third kappa shape index (κ3) is 1.87. The van der Waals surface area contributed by atoms with E-state index in [4.69, 9.17) is 0 Å². The predicted octanol–water partition coefficient (Wildman–Crippen LogP) is 3.76. The lowest BCUT2D eigenvalue weighted by molar-refractivity contribution is 0.210. The highest BCUT2D eigenvalue weighted by atomic mass is 79.9. The van der Waals surface area contributed by atoms with E-state index in [1.165, 1.54) is 24.8 Å². The van der Waals surface area contributed by atoms with Crippen molar-refractivity contribution in [3.8, 4) is 0 Å². The first-order valence-corrected chi connectivity index (χ1v) is 5.43. The summed E-state index contributed by atoms with van der Waals surface area (Å²) in [4.78, 5) is 0. The number of allylic oxidation sites excluding steroid dienone is 1. The molecule has 1 fully saturated rings. The van der Waals surface area contributed by atoms with Gasteiger partial charge >= 0.3 is 0 Å². The minimum Gasteiger partial charge on any atom is -0.0995 e. The smallest absolute Gasteiger partial charge is 0.0102 e. The van der Waals surface area contributed by atoms with E-state index < -0.39 is 0 Å². The fraction of sp³-hybridized carbons (Fsp3) is 0.800. The molecule has 0 radical (unpaired) electrons. The molecule has 0 amide bonds. The van der Waals surface area contributed by atoms with Crippen LogP contribution in [0.25, 0.3) is 0 Å². The summed E-state index contributed by atoms with van der Waals surface area (Å²) in [7, 11) is 0. The number of hydrogen-bond donors (Lipinski definition) is 0. The second-order valence-corrected chi connectivity index (χ2v) is 4.85. The van der Waals surface area contributed by atoms with Gasteiger partial charge in [0.05, 0.1) is 0 Å². The van der Waals surface area contributed by atoms with Gasteiger partial charge in [0.15, 0.2) is 0 Å². The Morgan fingerprint density at radius 3 is 2.64 bits per heavy atom. The molecule has 1 heteroatoms. The minimum absolute atomic E-state index is 0.471. The zero-order valence-corrected chi connectivity index (χ0v) is 9.08. The lowest BCUT2D eigenvalue weighted by Crippen LogP contribution is -2.30. The number of rotatable bonds is 1. The summed E-state index contributed by atoms with van der Waals surface area (Å²) < 4.78 is 0. The molecule has 64 valence electrons. The fourth-order valence-electron chi connectivity index (χ4n) is 1.99. The topological polar surface area (TPSA) is 0 Å². The minimum atomic E-state index is 0.471. The van der Waals surface area contributed by atoms with E-state index in [2.05, 4.69) is 36.4 Å².